The monoisotopic (exact) mass is 204 g/mol. The highest BCUT2D eigenvalue weighted by Gasteiger charge is 2.24. The van der Waals surface area contributed by atoms with Crippen LogP contribution in [0.3, 0.4) is 0 Å². The van der Waals surface area contributed by atoms with E-state index in [9.17, 15) is 0 Å². The van der Waals surface area contributed by atoms with Gasteiger partial charge in [-0.25, -0.2) is 0 Å². The Morgan fingerprint density at radius 1 is 1.47 bits per heavy atom. The van der Waals surface area contributed by atoms with Crippen molar-refractivity contribution in [1.29, 1.82) is 0 Å². The third kappa shape index (κ3) is 2.18. The van der Waals surface area contributed by atoms with Gasteiger partial charge in [0.05, 0.1) is 6.61 Å². The minimum atomic E-state index is 0.199. The first-order valence-electron chi connectivity index (χ1n) is 5.68. The van der Waals surface area contributed by atoms with Crippen LogP contribution in [0.4, 0.5) is 0 Å². The van der Waals surface area contributed by atoms with Crippen molar-refractivity contribution in [1.82, 2.24) is 0 Å². The maximum Gasteiger partial charge on any atom is 0.178 e. The van der Waals surface area contributed by atoms with Gasteiger partial charge in [-0.3, -0.25) is 0 Å². The number of benzene rings is 1. The molecule has 0 saturated carbocycles. The lowest BCUT2D eigenvalue weighted by molar-refractivity contribution is 0.234. The van der Waals surface area contributed by atoms with E-state index in [0.29, 0.717) is 19.7 Å². The molecule has 1 aliphatic rings. The molecule has 0 amide bonds. The van der Waals surface area contributed by atoms with Crippen LogP contribution in [-0.4, -0.2) is 25.0 Å². The smallest absolute Gasteiger partial charge is 0.178 e. The zero-order chi connectivity index (χ0) is 10.7. The molecule has 0 aliphatic carbocycles. The molecule has 1 heterocycles. The predicted octanol–water partition coefficient (Wildman–Crippen LogP) is 1.34. The van der Waals surface area contributed by atoms with Crippen LogP contribution in [0.25, 0.3) is 0 Å². The summed E-state index contributed by atoms with van der Waals surface area (Å²) in [5.41, 5.74) is 2.82. The fourth-order valence-corrected chi connectivity index (χ4v) is 2.26. The number of ether oxygens (including phenoxy) is 1. The Morgan fingerprint density at radius 2 is 2.33 bits per heavy atom. The quantitative estimate of drug-likeness (QED) is 0.592. The first kappa shape index (κ1) is 10.6. The molecule has 0 aromatic heterocycles. The second-order valence-electron chi connectivity index (χ2n) is 4.19. The highest BCUT2D eigenvalue weighted by molar-refractivity contribution is 6.74. The Morgan fingerprint density at radius 3 is 3.13 bits per heavy atom. The highest BCUT2D eigenvalue weighted by Crippen LogP contribution is 2.21. The molecule has 1 N–H and O–H groups in total. The third-order valence-electron chi connectivity index (χ3n) is 3.06. The number of fused-ring (bicyclic) bond motifs is 1. The SMILES string of the molecule is CB1CCc2cccc(OCCCO)c21. The largest absolute Gasteiger partial charge is 0.494 e. The van der Waals surface area contributed by atoms with E-state index in [1.165, 1.54) is 23.8 Å². The lowest BCUT2D eigenvalue weighted by Crippen LogP contribution is -2.25. The summed E-state index contributed by atoms with van der Waals surface area (Å²) in [5, 5.41) is 8.71. The van der Waals surface area contributed by atoms with Crippen molar-refractivity contribution >= 4 is 12.2 Å². The van der Waals surface area contributed by atoms with Crippen molar-refractivity contribution in [3.05, 3.63) is 23.8 Å². The van der Waals surface area contributed by atoms with Gasteiger partial charge in [-0.15, -0.1) is 0 Å². The van der Waals surface area contributed by atoms with Gasteiger partial charge >= 0.3 is 0 Å². The van der Waals surface area contributed by atoms with Gasteiger partial charge in [-0.1, -0.05) is 30.8 Å². The van der Waals surface area contributed by atoms with E-state index >= 15 is 0 Å². The molecule has 0 atom stereocenters. The van der Waals surface area contributed by atoms with E-state index in [1.54, 1.807) is 0 Å². The lowest BCUT2D eigenvalue weighted by Gasteiger charge is -2.12. The van der Waals surface area contributed by atoms with Gasteiger partial charge in [-0.2, -0.15) is 0 Å². The third-order valence-corrected chi connectivity index (χ3v) is 3.06. The molecule has 2 nitrogen and oxygen atoms in total. The molecule has 15 heavy (non-hydrogen) atoms. The summed E-state index contributed by atoms with van der Waals surface area (Å²) in [7, 11) is 0. The molecule has 3 heteroatoms. The van der Waals surface area contributed by atoms with E-state index in [1.807, 2.05) is 6.07 Å². The Balaban J connectivity index is 2.14. The van der Waals surface area contributed by atoms with Gasteiger partial charge in [0.25, 0.3) is 0 Å². The number of aliphatic hydroxyl groups is 1. The normalized spacial score (nSPS) is 14.1. The van der Waals surface area contributed by atoms with Crippen molar-refractivity contribution in [3.8, 4) is 5.75 Å². The second-order valence-corrected chi connectivity index (χ2v) is 4.19. The molecule has 0 spiro atoms. The van der Waals surface area contributed by atoms with Crippen molar-refractivity contribution in [2.75, 3.05) is 13.2 Å². The summed E-state index contributed by atoms with van der Waals surface area (Å²) >= 11 is 0. The molecule has 0 bridgehead atoms. The van der Waals surface area contributed by atoms with Crippen LogP contribution < -0.4 is 10.2 Å². The zero-order valence-corrected chi connectivity index (χ0v) is 9.20. The van der Waals surface area contributed by atoms with Gasteiger partial charge in [0.1, 0.15) is 5.75 Å². The highest BCUT2D eigenvalue weighted by atomic mass is 16.5. The van der Waals surface area contributed by atoms with Gasteiger partial charge in [0, 0.05) is 13.0 Å². The van der Waals surface area contributed by atoms with Crippen LogP contribution >= 0.6 is 0 Å². The zero-order valence-electron chi connectivity index (χ0n) is 9.20. The molecule has 0 saturated heterocycles. The van der Waals surface area contributed by atoms with E-state index in [4.69, 9.17) is 9.84 Å². The standard InChI is InChI=1S/C12H17BO2/c1-13-7-6-10-4-2-5-11(12(10)13)15-9-3-8-14/h2,4-5,14H,3,6-9H2,1H3. The Hall–Kier alpha value is -0.955. The summed E-state index contributed by atoms with van der Waals surface area (Å²) in [6.07, 6.45) is 3.11. The fourth-order valence-electron chi connectivity index (χ4n) is 2.26. The number of rotatable bonds is 4. The topological polar surface area (TPSA) is 29.5 Å². The van der Waals surface area contributed by atoms with Crippen LogP contribution in [-0.2, 0) is 6.42 Å². The molecular formula is C12H17BO2. The number of hydrogen-bond donors (Lipinski definition) is 1. The number of aryl methyl sites for hydroxylation is 1. The van der Waals surface area contributed by atoms with Crippen LogP contribution in [0, 0.1) is 0 Å². The molecule has 1 aliphatic heterocycles. The van der Waals surface area contributed by atoms with Crippen molar-refractivity contribution in [3.63, 3.8) is 0 Å². The predicted molar refractivity (Wildman–Crippen MR) is 63.4 cm³/mol. The average Bonchev–Trinajstić information content (AvgIpc) is 2.62. The minimum Gasteiger partial charge on any atom is -0.494 e. The van der Waals surface area contributed by atoms with Gasteiger partial charge in [0.2, 0.25) is 0 Å². The van der Waals surface area contributed by atoms with Crippen LogP contribution in [0.1, 0.15) is 12.0 Å². The molecule has 1 aromatic carbocycles. The van der Waals surface area contributed by atoms with E-state index < -0.39 is 0 Å². The summed E-state index contributed by atoms with van der Waals surface area (Å²) in [4.78, 5) is 0. The Bertz CT molecular complexity index is 338. The fraction of sp³-hybridized carbons (Fsp3) is 0.500. The first-order valence-corrected chi connectivity index (χ1v) is 5.68. The molecule has 0 fully saturated rings. The van der Waals surface area contributed by atoms with Gasteiger partial charge < -0.3 is 9.84 Å². The van der Waals surface area contributed by atoms with E-state index in [2.05, 4.69) is 19.0 Å². The van der Waals surface area contributed by atoms with Gasteiger partial charge in [0.15, 0.2) is 6.71 Å². The molecule has 0 radical (unpaired) electrons. The van der Waals surface area contributed by atoms with Crippen molar-refractivity contribution < 1.29 is 9.84 Å². The summed E-state index contributed by atoms with van der Waals surface area (Å²) in [6, 6.07) is 6.29. The Labute approximate surface area is 91.3 Å². The Kier molecular flexibility index (Phi) is 3.32. The van der Waals surface area contributed by atoms with Crippen LogP contribution in [0.15, 0.2) is 18.2 Å². The van der Waals surface area contributed by atoms with E-state index in [0.717, 1.165) is 5.75 Å². The number of hydrogen-bond acceptors (Lipinski definition) is 2. The molecule has 80 valence electrons. The lowest BCUT2D eigenvalue weighted by atomic mass is 9.48. The number of aliphatic hydroxyl groups excluding tert-OH is 1. The van der Waals surface area contributed by atoms with Crippen molar-refractivity contribution in [2.45, 2.75) is 26.0 Å². The van der Waals surface area contributed by atoms with Crippen LogP contribution in [0.2, 0.25) is 13.1 Å². The second kappa shape index (κ2) is 4.71. The van der Waals surface area contributed by atoms with E-state index in [-0.39, 0.29) is 6.61 Å². The molecule has 0 unspecified atom stereocenters. The molecule has 2 rings (SSSR count). The maximum absolute atomic E-state index is 8.71. The van der Waals surface area contributed by atoms with Crippen LogP contribution in [0.5, 0.6) is 5.75 Å². The molecular weight excluding hydrogens is 187 g/mol. The minimum absolute atomic E-state index is 0.199. The first-order chi connectivity index (χ1) is 7.33. The summed E-state index contributed by atoms with van der Waals surface area (Å²) in [5.74, 6) is 1.02. The van der Waals surface area contributed by atoms with Gasteiger partial charge in [-0.05, 0) is 17.9 Å². The average molecular weight is 204 g/mol. The van der Waals surface area contributed by atoms with Crippen molar-refractivity contribution in [2.24, 2.45) is 0 Å². The summed E-state index contributed by atoms with van der Waals surface area (Å²) in [6.45, 7) is 3.68. The summed E-state index contributed by atoms with van der Waals surface area (Å²) < 4.78 is 5.70. The molecule has 1 aromatic rings. The maximum atomic E-state index is 8.71.